The first-order valence-corrected chi connectivity index (χ1v) is 6.85. The molecule has 1 fully saturated rings. The van der Waals surface area contributed by atoms with Crippen molar-refractivity contribution in [1.29, 1.82) is 0 Å². The summed E-state index contributed by atoms with van der Waals surface area (Å²) in [5.74, 6) is -0.704. The number of carbonyl (C=O) groups excluding carboxylic acids is 1. The number of carboxylic acids is 1. The highest BCUT2D eigenvalue weighted by Gasteiger charge is 2.18. The van der Waals surface area contributed by atoms with E-state index in [2.05, 4.69) is 4.98 Å². The van der Waals surface area contributed by atoms with Gasteiger partial charge in [-0.15, -0.1) is 0 Å². The normalized spacial score (nSPS) is 14.6. The van der Waals surface area contributed by atoms with Crippen molar-refractivity contribution in [3.63, 3.8) is 0 Å². The van der Waals surface area contributed by atoms with E-state index in [1.165, 1.54) is 6.08 Å². The van der Waals surface area contributed by atoms with E-state index in [1.807, 2.05) is 0 Å². The summed E-state index contributed by atoms with van der Waals surface area (Å²) in [4.78, 5) is 28.5. The van der Waals surface area contributed by atoms with Gasteiger partial charge in [-0.25, -0.2) is 9.78 Å². The maximum atomic E-state index is 11.9. The van der Waals surface area contributed by atoms with Crippen molar-refractivity contribution in [2.75, 3.05) is 19.7 Å². The zero-order chi connectivity index (χ0) is 15.2. The van der Waals surface area contributed by atoms with E-state index >= 15 is 0 Å². The summed E-state index contributed by atoms with van der Waals surface area (Å²) in [6.07, 6.45) is 4.43. The first-order valence-electron chi connectivity index (χ1n) is 6.85. The third-order valence-electron chi connectivity index (χ3n) is 3.22. The highest BCUT2D eigenvalue weighted by atomic mass is 16.5. The summed E-state index contributed by atoms with van der Waals surface area (Å²) in [6.45, 7) is 3.30. The Morgan fingerprint density at radius 2 is 2.10 bits per heavy atom. The Labute approximate surface area is 123 Å². The minimum Gasteiger partial charge on any atom is -0.482 e. The molecule has 0 aliphatic carbocycles. The van der Waals surface area contributed by atoms with Crippen LogP contribution in [0.3, 0.4) is 0 Å². The number of aliphatic carboxylic acids is 1. The number of rotatable bonds is 5. The maximum Gasteiger partial charge on any atom is 0.328 e. The second-order valence-corrected chi connectivity index (χ2v) is 4.88. The molecule has 0 atom stereocenters. The molecule has 1 N–H and O–H groups in total. The predicted octanol–water partition coefficient (Wildman–Crippen LogP) is 1.49. The van der Waals surface area contributed by atoms with E-state index in [0.717, 1.165) is 37.7 Å². The molecule has 0 aromatic carbocycles. The molecule has 21 heavy (non-hydrogen) atoms. The molecule has 1 aliphatic heterocycles. The summed E-state index contributed by atoms with van der Waals surface area (Å²) in [5.41, 5.74) is 1.16. The highest BCUT2D eigenvalue weighted by Crippen LogP contribution is 2.19. The van der Waals surface area contributed by atoms with Crippen molar-refractivity contribution in [3.8, 4) is 5.75 Å². The smallest absolute Gasteiger partial charge is 0.328 e. The summed E-state index contributed by atoms with van der Waals surface area (Å²) >= 11 is 0. The molecule has 1 amide bonds. The number of pyridine rings is 1. The van der Waals surface area contributed by atoms with Crippen molar-refractivity contribution in [3.05, 3.63) is 29.6 Å². The highest BCUT2D eigenvalue weighted by molar-refractivity contribution is 5.85. The van der Waals surface area contributed by atoms with Gasteiger partial charge in [-0.05, 0) is 38.0 Å². The van der Waals surface area contributed by atoms with Crippen molar-refractivity contribution >= 4 is 18.0 Å². The lowest BCUT2D eigenvalue weighted by atomic mass is 10.2. The fourth-order valence-electron chi connectivity index (χ4n) is 2.15. The number of aromatic nitrogens is 1. The summed E-state index contributed by atoms with van der Waals surface area (Å²) < 4.78 is 5.50. The van der Waals surface area contributed by atoms with Crippen LogP contribution in [0.2, 0.25) is 0 Å². The SMILES string of the molecule is Cc1ccc(OCC(=O)N2CCCC2)c(C=CC(=O)O)n1. The fraction of sp³-hybridized carbons (Fsp3) is 0.400. The van der Waals surface area contributed by atoms with Crippen molar-refractivity contribution < 1.29 is 19.4 Å². The summed E-state index contributed by atoms with van der Waals surface area (Å²) in [5, 5.41) is 8.68. The molecular formula is C15H18N2O4. The minimum absolute atomic E-state index is 0.0544. The Morgan fingerprint density at radius 3 is 2.76 bits per heavy atom. The molecule has 1 saturated heterocycles. The average molecular weight is 290 g/mol. The molecule has 1 aromatic heterocycles. The van der Waals surface area contributed by atoms with Gasteiger partial charge in [0.1, 0.15) is 11.4 Å². The predicted molar refractivity (Wildman–Crippen MR) is 77.0 cm³/mol. The number of aryl methyl sites for hydroxylation is 1. The quantitative estimate of drug-likeness (QED) is 0.831. The van der Waals surface area contributed by atoms with E-state index in [-0.39, 0.29) is 12.5 Å². The van der Waals surface area contributed by atoms with Gasteiger partial charge in [0.25, 0.3) is 5.91 Å². The van der Waals surface area contributed by atoms with Crippen LogP contribution < -0.4 is 4.74 Å². The molecule has 0 unspecified atom stereocenters. The van der Waals surface area contributed by atoms with Gasteiger partial charge in [0, 0.05) is 24.9 Å². The Balaban J connectivity index is 2.04. The number of ether oxygens (including phenoxy) is 1. The number of nitrogens with zero attached hydrogens (tertiary/aromatic N) is 2. The van der Waals surface area contributed by atoms with Crippen LogP contribution in [0.5, 0.6) is 5.75 Å². The van der Waals surface area contributed by atoms with Crippen LogP contribution in [0.4, 0.5) is 0 Å². The number of amides is 1. The van der Waals surface area contributed by atoms with E-state index in [1.54, 1.807) is 24.0 Å². The lowest BCUT2D eigenvalue weighted by Crippen LogP contribution is -2.32. The fourth-order valence-corrected chi connectivity index (χ4v) is 2.15. The monoisotopic (exact) mass is 290 g/mol. The van der Waals surface area contributed by atoms with Gasteiger partial charge in [0.05, 0.1) is 0 Å². The first kappa shape index (κ1) is 15.0. The topological polar surface area (TPSA) is 79.7 Å². The van der Waals surface area contributed by atoms with Crippen molar-refractivity contribution in [2.24, 2.45) is 0 Å². The van der Waals surface area contributed by atoms with E-state index in [4.69, 9.17) is 9.84 Å². The van der Waals surface area contributed by atoms with Gasteiger partial charge in [0.2, 0.25) is 0 Å². The van der Waals surface area contributed by atoms with Crippen LogP contribution >= 0.6 is 0 Å². The largest absolute Gasteiger partial charge is 0.482 e. The van der Waals surface area contributed by atoms with Gasteiger partial charge in [-0.1, -0.05) is 0 Å². The first-order chi connectivity index (χ1) is 10.1. The molecule has 112 valence electrons. The average Bonchev–Trinajstić information content (AvgIpc) is 2.98. The zero-order valence-electron chi connectivity index (χ0n) is 11.9. The lowest BCUT2D eigenvalue weighted by Gasteiger charge is -2.16. The third-order valence-corrected chi connectivity index (χ3v) is 3.22. The van der Waals surface area contributed by atoms with Crippen LogP contribution in [0, 0.1) is 6.92 Å². The second-order valence-electron chi connectivity index (χ2n) is 4.88. The van der Waals surface area contributed by atoms with Gasteiger partial charge in [-0.2, -0.15) is 0 Å². The minimum atomic E-state index is -1.06. The number of carboxylic acid groups (broad SMARTS) is 1. The summed E-state index contributed by atoms with van der Waals surface area (Å²) in [6, 6.07) is 3.45. The maximum absolute atomic E-state index is 11.9. The van der Waals surface area contributed by atoms with Crippen LogP contribution in [0.1, 0.15) is 24.2 Å². The molecule has 6 heteroatoms. The van der Waals surface area contributed by atoms with Gasteiger partial charge >= 0.3 is 5.97 Å². The van der Waals surface area contributed by atoms with Crippen molar-refractivity contribution in [2.45, 2.75) is 19.8 Å². The van der Waals surface area contributed by atoms with E-state index in [0.29, 0.717) is 11.4 Å². The van der Waals surface area contributed by atoms with Crippen LogP contribution in [0.25, 0.3) is 6.08 Å². The Morgan fingerprint density at radius 1 is 1.38 bits per heavy atom. The lowest BCUT2D eigenvalue weighted by molar-refractivity contribution is -0.132. The number of likely N-dealkylation sites (tertiary alicyclic amines) is 1. The molecule has 0 bridgehead atoms. The van der Waals surface area contributed by atoms with E-state index < -0.39 is 5.97 Å². The number of carbonyl (C=O) groups is 2. The van der Waals surface area contributed by atoms with Crippen molar-refractivity contribution in [1.82, 2.24) is 9.88 Å². The molecule has 1 aliphatic rings. The number of hydrogen-bond donors (Lipinski definition) is 1. The summed E-state index contributed by atoms with van der Waals surface area (Å²) in [7, 11) is 0. The standard InChI is InChI=1S/C15H18N2O4/c1-11-4-6-13(12(16-11)5-7-15(19)20)21-10-14(18)17-8-2-3-9-17/h4-7H,2-3,8-10H2,1H3,(H,19,20). The number of hydrogen-bond acceptors (Lipinski definition) is 4. The molecule has 0 saturated carbocycles. The Hall–Kier alpha value is -2.37. The molecule has 2 rings (SSSR count). The van der Waals surface area contributed by atoms with Gasteiger partial charge < -0.3 is 14.7 Å². The van der Waals surface area contributed by atoms with Crippen LogP contribution in [-0.2, 0) is 9.59 Å². The molecule has 6 nitrogen and oxygen atoms in total. The molecule has 2 heterocycles. The van der Waals surface area contributed by atoms with E-state index in [9.17, 15) is 9.59 Å². The Kier molecular flexibility index (Phi) is 4.92. The molecule has 0 spiro atoms. The second kappa shape index (κ2) is 6.88. The molecular weight excluding hydrogens is 272 g/mol. The van der Waals surface area contributed by atoms with Gasteiger partial charge in [0.15, 0.2) is 6.61 Å². The zero-order valence-corrected chi connectivity index (χ0v) is 11.9. The third kappa shape index (κ3) is 4.30. The molecule has 0 radical (unpaired) electrons. The van der Waals surface area contributed by atoms with Crippen LogP contribution in [-0.4, -0.2) is 46.6 Å². The van der Waals surface area contributed by atoms with Crippen LogP contribution in [0.15, 0.2) is 18.2 Å². The Bertz CT molecular complexity index is 563. The van der Waals surface area contributed by atoms with Gasteiger partial charge in [-0.3, -0.25) is 4.79 Å². The molecule has 1 aromatic rings.